The third kappa shape index (κ3) is 4.87. The number of furan rings is 1. The standard InChI is InChI=1S/C25H25NO/c1-2-8-21(9-3-1)10-6-16-26(20-25-13-7-17-27-25)19-22-14-15-23-11-4-5-12-24(23)18-22/h1-5,7-9,11-15,17-18H,6,10,16,19-20H2. The Kier molecular flexibility index (Phi) is 5.66. The van der Waals surface area contributed by atoms with Crippen LogP contribution in [-0.2, 0) is 19.5 Å². The summed E-state index contributed by atoms with van der Waals surface area (Å²) in [5.41, 5.74) is 2.75. The predicted molar refractivity (Wildman–Crippen MR) is 112 cm³/mol. The molecule has 0 N–H and O–H groups in total. The fourth-order valence-electron chi connectivity index (χ4n) is 3.58. The zero-order chi connectivity index (χ0) is 18.3. The van der Waals surface area contributed by atoms with Crippen LogP contribution in [0.4, 0.5) is 0 Å². The van der Waals surface area contributed by atoms with Gasteiger partial charge in [0.1, 0.15) is 5.76 Å². The molecule has 0 saturated carbocycles. The van der Waals surface area contributed by atoms with E-state index in [9.17, 15) is 0 Å². The van der Waals surface area contributed by atoms with Crippen molar-refractivity contribution in [2.45, 2.75) is 25.9 Å². The van der Waals surface area contributed by atoms with Crippen LogP contribution in [0.1, 0.15) is 23.3 Å². The molecule has 1 aromatic heterocycles. The summed E-state index contributed by atoms with van der Waals surface area (Å²) >= 11 is 0. The van der Waals surface area contributed by atoms with Gasteiger partial charge in [0.15, 0.2) is 0 Å². The van der Waals surface area contributed by atoms with Gasteiger partial charge in [-0.15, -0.1) is 0 Å². The highest BCUT2D eigenvalue weighted by molar-refractivity contribution is 5.82. The third-order valence-electron chi connectivity index (χ3n) is 4.96. The lowest BCUT2D eigenvalue weighted by molar-refractivity contribution is 0.233. The van der Waals surface area contributed by atoms with E-state index in [1.165, 1.54) is 21.9 Å². The van der Waals surface area contributed by atoms with Gasteiger partial charge in [0.25, 0.3) is 0 Å². The van der Waals surface area contributed by atoms with Gasteiger partial charge in [-0.1, -0.05) is 66.7 Å². The molecule has 0 radical (unpaired) electrons. The minimum Gasteiger partial charge on any atom is -0.468 e. The normalized spacial score (nSPS) is 11.3. The number of nitrogens with zero attached hydrogens (tertiary/aromatic N) is 1. The van der Waals surface area contributed by atoms with Crippen LogP contribution >= 0.6 is 0 Å². The van der Waals surface area contributed by atoms with Gasteiger partial charge in [-0.25, -0.2) is 0 Å². The van der Waals surface area contributed by atoms with Gasteiger partial charge in [-0.2, -0.15) is 0 Å². The lowest BCUT2D eigenvalue weighted by Crippen LogP contribution is -2.24. The molecular weight excluding hydrogens is 330 g/mol. The van der Waals surface area contributed by atoms with Gasteiger partial charge in [0.2, 0.25) is 0 Å². The first-order valence-corrected chi connectivity index (χ1v) is 9.63. The van der Waals surface area contributed by atoms with Crippen LogP contribution < -0.4 is 0 Å². The van der Waals surface area contributed by atoms with E-state index in [1.807, 2.05) is 6.07 Å². The summed E-state index contributed by atoms with van der Waals surface area (Å²) in [6.07, 6.45) is 4.00. The Labute approximate surface area is 161 Å². The maximum Gasteiger partial charge on any atom is 0.117 e. The Morgan fingerprint density at radius 3 is 2.30 bits per heavy atom. The first-order valence-electron chi connectivity index (χ1n) is 9.63. The molecule has 3 aromatic carbocycles. The first kappa shape index (κ1) is 17.6. The van der Waals surface area contributed by atoms with Crippen molar-refractivity contribution in [3.63, 3.8) is 0 Å². The van der Waals surface area contributed by atoms with Crippen LogP contribution in [-0.4, -0.2) is 11.4 Å². The Morgan fingerprint density at radius 2 is 1.48 bits per heavy atom. The van der Waals surface area contributed by atoms with E-state index >= 15 is 0 Å². The van der Waals surface area contributed by atoms with Crippen molar-refractivity contribution in [3.8, 4) is 0 Å². The Bertz CT molecular complexity index is 960. The second kappa shape index (κ2) is 8.70. The van der Waals surface area contributed by atoms with Crippen LogP contribution in [0.2, 0.25) is 0 Å². The molecule has 136 valence electrons. The Morgan fingerprint density at radius 1 is 0.667 bits per heavy atom. The largest absolute Gasteiger partial charge is 0.468 e. The van der Waals surface area contributed by atoms with E-state index in [-0.39, 0.29) is 0 Å². The highest BCUT2D eigenvalue weighted by Crippen LogP contribution is 2.18. The molecule has 0 saturated heterocycles. The number of hydrogen-bond acceptors (Lipinski definition) is 2. The maximum atomic E-state index is 5.59. The van der Waals surface area contributed by atoms with Crippen molar-refractivity contribution < 1.29 is 4.42 Å². The Balaban J connectivity index is 1.44. The second-order valence-corrected chi connectivity index (χ2v) is 7.06. The molecular formula is C25H25NO. The van der Waals surface area contributed by atoms with Crippen molar-refractivity contribution in [3.05, 3.63) is 108 Å². The monoisotopic (exact) mass is 355 g/mol. The van der Waals surface area contributed by atoms with Crippen LogP contribution in [0.5, 0.6) is 0 Å². The molecule has 0 unspecified atom stereocenters. The summed E-state index contributed by atoms with van der Waals surface area (Å²) in [7, 11) is 0. The third-order valence-corrected chi connectivity index (χ3v) is 4.96. The van der Waals surface area contributed by atoms with Crippen molar-refractivity contribution in [2.75, 3.05) is 6.54 Å². The van der Waals surface area contributed by atoms with Crippen LogP contribution in [0, 0.1) is 0 Å². The van der Waals surface area contributed by atoms with Gasteiger partial charge in [-0.05, 0) is 59.5 Å². The van der Waals surface area contributed by atoms with E-state index in [4.69, 9.17) is 4.42 Å². The van der Waals surface area contributed by atoms with Gasteiger partial charge in [0, 0.05) is 6.54 Å². The molecule has 0 aliphatic carbocycles. The van der Waals surface area contributed by atoms with Crippen LogP contribution in [0.25, 0.3) is 10.8 Å². The minimum absolute atomic E-state index is 0.842. The quantitative estimate of drug-likeness (QED) is 0.381. The molecule has 4 rings (SSSR count). The lowest BCUT2D eigenvalue weighted by atomic mass is 10.1. The SMILES string of the molecule is c1ccc(CCCN(Cc2ccc3ccccc3c2)Cc2ccco2)cc1. The average molecular weight is 355 g/mol. The predicted octanol–water partition coefficient (Wildman–Crippen LogP) is 6.07. The molecule has 0 spiro atoms. The van der Waals surface area contributed by atoms with Crippen molar-refractivity contribution in [1.82, 2.24) is 4.90 Å². The maximum absolute atomic E-state index is 5.59. The van der Waals surface area contributed by atoms with Gasteiger partial charge >= 0.3 is 0 Å². The zero-order valence-electron chi connectivity index (χ0n) is 15.6. The highest BCUT2D eigenvalue weighted by Gasteiger charge is 2.10. The van der Waals surface area contributed by atoms with E-state index in [0.29, 0.717) is 0 Å². The fourth-order valence-corrected chi connectivity index (χ4v) is 3.58. The molecule has 0 bridgehead atoms. The van der Waals surface area contributed by atoms with Crippen molar-refractivity contribution in [1.29, 1.82) is 0 Å². The van der Waals surface area contributed by atoms with E-state index < -0.39 is 0 Å². The Hall–Kier alpha value is -2.84. The molecule has 27 heavy (non-hydrogen) atoms. The van der Waals surface area contributed by atoms with E-state index in [2.05, 4.69) is 83.8 Å². The summed E-state index contributed by atoms with van der Waals surface area (Å²) in [4.78, 5) is 2.48. The molecule has 0 fully saturated rings. The van der Waals surface area contributed by atoms with E-state index in [0.717, 1.165) is 38.2 Å². The number of hydrogen-bond donors (Lipinski definition) is 0. The fraction of sp³-hybridized carbons (Fsp3) is 0.200. The zero-order valence-corrected chi connectivity index (χ0v) is 15.6. The molecule has 1 heterocycles. The molecule has 4 aromatic rings. The van der Waals surface area contributed by atoms with Crippen molar-refractivity contribution in [2.24, 2.45) is 0 Å². The summed E-state index contributed by atoms with van der Waals surface area (Å²) in [5.74, 6) is 1.02. The molecule has 2 heteroatoms. The minimum atomic E-state index is 0.842. The number of benzene rings is 3. The summed E-state index contributed by atoms with van der Waals surface area (Å²) in [6.45, 7) is 2.82. The number of fused-ring (bicyclic) bond motifs is 1. The summed E-state index contributed by atoms with van der Waals surface area (Å²) in [5, 5.41) is 2.60. The van der Waals surface area contributed by atoms with Crippen LogP contribution in [0.15, 0.2) is 95.6 Å². The highest BCUT2D eigenvalue weighted by atomic mass is 16.3. The summed E-state index contributed by atoms with van der Waals surface area (Å²) in [6, 6.07) is 30.1. The number of aryl methyl sites for hydroxylation is 1. The topological polar surface area (TPSA) is 16.4 Å². The van der Waals surface area contributed by atoms with E-state index in [1.54, 1.807) is 6.26 Å². The number of rotatable bonds is 8. The average Bonchev–Trinajstić information content (AvgIpc) is 3.22. The van der Waals surface area contributed by atoms with Gasteiger partial charge in [0.05, 0.1) is 12.8 Å². The molecule has 0 atom stereocenters. The van der Waals surface area contributed by atoms with Crippen LogP contribution in [0.3, 0.4) is 0 Å². The smallest absolute Gasteiger partial charge is 0.117 e. The lowest BCUT2D eigenvalue weighted by Gasteiger charge is -2.21. The molecule has 0 aliphatic heterocycles. The molecule has 2 nitrogen and oxygen atoms in total. The summed E-state index contributed by atoms with van der Waals surface area (Å²) < 4.78 is 5.59. The first-order chi connectivity index (χ1) is 13.4. The molecule has 0 amide bonds. The molecule has 0 aliphatic rings. The van der Waals surface area contributed by atoms with Crippen molar-refractivity contribution >= 4 is 10.8 Å². The second-order valence-electron chi connectivity index (χ2n) is 7.06. The van der Waals surface area contributed by atoms with Gasteiger partial charge < -0.3 is 4.42 Å². The van der Waals surface area contributed by atoms with Gasteiger partial charge in [-0.3, -0.25) is 4.90 Å².